The Morgan fingerprint density at radius 1 is 1.29 bits per heavy atom. The molecule has 0 spiro atoms. The first-order valence-corrected chi connectivity index (χ1v) is 9.87. The summed E-state index contributed by atoms with van der Waals surface area (Å²) < 4.78 is 10.6. The van der Waals surface area contributed by atoms with Gasteiger partial charge in [-0.2, -0.15) is 5.26 Å². The molecular formula is C21H18N4O5S. The molecule has 2 aromatic rings. The molecule has 1 fully saturated rings. The van der Waals surface area contributed by atoms with E-state index in [0.29, 0.717) is 38.4 Å². The maximum absolute atomic E-state index is 12.4. The van der Waals surface area contributed by atoms with E-state index >= 15 is 0 Å². The van der Waals surface area contributed by atoms with Gasteiger partial charge in [-0.05, 0) is 61.0 Å². The molecule has 0 aromatic heterocycles. The molecule has 3 rings (SSSR count). The van der Waals surface area contributed by atoms with E-state index in [2.05, 4.69) is 10.3 Å². The summed E-state index contributed by atoms with van der Waals surface area (Å²) in [5, 5.41) is 22.9. The van der Waals surface area contributed by atoms with Gasteiger partial charge in [-0.25, -0.2) is 4.99 Å². The van der Waals surface area contributed by atoms with Gasteiger partial charge in [0.1, 0.15) is 6.07 Å². The number of methoxy groups -OCH3 is 1. The van der Waals surface area contributed by atoms with E-state index < -0.39 is 4.92 Å². The highest BCUT2D eigenvalue weighted by molar-refractivity contribution is 8.18. The number of ether oxygens (including phenoxy) is 2. The predicted molar refractivity (Wildman–Crippen MR) is 117 cm³/mol. The van der Waals surface area contributed by atoms with Gasteiger partial charge in [0.15, 0.2) is 23.3 Å². The van der Waals surface area contributed by atoms with Gasteiger partial charge in [0, 0.05) is 11.6 Å². The van der Waals surface area contributed by atoms with Crippen LogP contribution in [-0.2, 0) is 4.79 Å². The number of rotatable bonds is 6. The average Bonchev–Trinajstić information content (AvgIpc) is 3.07. The molecule has 0 bridgehead atoms. The minimum absolute atomic E-state index is 0.0183. The van der Waals surface area contributed by atoms with Gasteiger partial charge in [-0.15, -0.1) is 0 Å². The third kappa shape index (κ3) is 5.02. The zero-order valence-corrected chi connectivity index (χ0v) is 17.8. The Labute approximate surface area is 182 Å². The molecular weight excluding hydrogens is 420 g/mol. The van der Waals surface area contributed by atoms with Crippen molar-refractivity contribution in [3.8, 4) is 17.6 Å². The fourth-order valence-corrected chi connectivity index (χ4v) is 3.67. The van der Waals surface area contributed by atoms with E-state index in [1.807, 2.05) is 6.07 Å². The molecule has 0 saturated carbocycles. The van der Waals surface area contributed by atoms with Crippen molar-refractivity contribution in [2.75, 3.05) is 13.7 Å². The van der Waals surface area contributed by atoms with Crippen molar-refractivity contribution in [3.63, 3.8) is 0 Å². The summed E-state index contributed by atoms with van der Waals surface area (Å²) >= 11 is 1.13. The molecule has 1 amide bonds. The zero-order valence-electron chi connectivity index (χ0n) is 17.0. The normalized spacial score (nSPS) is 15.6. The second-order valence-corrected chi connectivity index (χ2v) is 7.53. The van der Waals surface area contributed by atoms with E-state index in [-0.39, 0.29) is 18.2 Å². The fraction of sp³-hybridized carbons (Fsp3) is 0.190. The van der Waals surface area contributed by atoms with E-state index in [1.54, 1.807) is 44.2 Å². The number of thioether (sulfide) groups is 1. The van der Waals surface area contributed by atoms with Gasteiger partial charge in [-0.1, -0.05) is 6.07 Å². The monoisotopic (exact) mass is 438 g/mol. The molecule has 1 aliphatic rings. The molecule has 158 valence electrons. The van der Waals surface area contributed by atoms with Crippen molar-refractivity contribution >= 4 is 40.3 Å². The third-order valence-corrected chi connectivity index (χ3v) is 5.39. The Hall–Kier alpha value is -3.84. The van der Waals surface area contributed by atoms with E-state index in [0.717, 1.165) is 17.3 Å². The minimum Gasteiger partial charge on any atom is -0.493 e. The minimum atomic E-state index is -0.449. The van der Waals surface area contributed by atoms with Crippen LogP contribution in [0.1, 0.15) is 16.7 Å². The number of benzene rings is 2. The molecule has 1 heterocycles. The fourth-order valence-electron chi connectivity index (χ4n) is 2.83. The Bertz CT molecular complexity index is 1170. The number of carbonyl (C=O) groups is 1. The van der Waals surface area contributed by atoms with Crippen LogP contribution in [-0.4, -0.2) is 29.7 Å². The smallest absolute Gasteiger partial charge is 0.274 e. The molecule has 1 N–H and O–H groups in total. The Kier molecular flexibility index (Phi) is 6.57. The Morgan fingerprint density at radius 3 is 2.74 bits per heavy atom. The topological polar surface area (TPSA) is 127 Å². The number of nitrogens with one attached hydrogen (secondary N) is 1. The van der Waals surface area contributed by atoms with Gasteiger partial charge < -0.3 is 14.8 Å². The first kappa shape index (κ1) is 21.9. The number of aryl methyl sites for hydroxylation is 1. The number of hydrogen-bond donors (Lipinski definition) is 1. The molecule has 0 atom stereocenters. The number of nitro benzene ring substituents is 1. The van der Waals surface area contributed by atoms with Crippen LogP contribution in [0, 0.1) is 35.3 Å². The summed E-state index contributed by atoms with van der Waals surface area (Å²) in [6.45, 7) is 3.35. The maximum Gasteiger partial charge on any atom is 0.274 e. The molecule has 1 aliphatic heterocycles. The summed E-state index contributed by atoms with van der Waals surface area (Å²) in [5.41, 5.74) is 2.38. The summed E-state index contributed by atoms with van der Waals surface area (Å²) in [6, 6.07) is 10.1. The molecule has 9 nitrogen and oxygen atoms in total. The quantitative estimate of drug-likeness (QED) is 0.410. The molecule has 0 aliphatic carbocycles. The SMILES string of the molecule is COc1cc(/C=C2\SC(=Nc3cc(C)c(C)c([N+](=O)[O-])c3)NC2=O)ccc1OCC#N. The lowest BCUT2D eigenvalue weighted by Gasteiger charge is -2.08. The first-order chi connectivity index (χ1) is 14.8. The first-order valence-electron chi connectivity index (χ1n) is 9.05. The van der Waals surface area contributed by atoms with E-state index in [9.17, 15) is 14.9 Å². The van der Waals surface area contributed by atoms with Crippen LogP contribution in [0.2, 0.25) is 0 Å². The highest BCUT2D eigenvalue weighted by Crippen LogP contribution is 2.33. The largest absolute Gasteiger partial charge is 0.493 e. The number of carbonyl (C=O) groups excluding carboxylic acids is 1. The van der Waals surface area contributed by atoms with Crippen molar-refractivity contribution < 1.29 is 19.2 Å². The molecule has 1 saturated heterocycles. The molecule has 2 aromatic carbocycles. The number of nitro groups is 1. The number of amides is 1. The number of amidine groups is 1. The average molecular weight is 438 g/mol. The van der Waals surface area contributed by atoms with Crippen LogP contribution in [0.3, 0.4) is 0 Å². The van der Waals surface area contributed by atoms with E-state index in [1.165, 1.54) is 13.2 Å². The van der Waals surface area contributed by atoms with Crippen LogP contribution >= 0.6 is 11.8 Å². The lowest BCUT2D eigenvalue weighted by atomic mass is 10.1. The zero-order chi connectivity index (χ0) is 22.5. The summed E-state index contributed by atoms with van der Waals surface area (Å²) in [5.74, 6) is 0.531. The second kappa shape index (κ2) is 9.32. The highest BCUT2D eigenvalue weighted by Gasteiger charge is 2.24. The number of hydrogen-bond acceptors (Lipinski definition) is 8. The van der Waals surface area contributed by atoms with Crippen LogP contribution in [0.25, 0.3) is 6.08 Å². The summed E-state index contributed by atoms with van der Waals surface area (Å²) in [4.78, 5) is 27.9. The third-order valence-electron chi connectivity index (χ3n) is 4.48. The van der Waals surface area contributed by atoms with Crippen LogP contribution in [0.15, 0.2) is 40.2 Å². The predicted octanol–water partition coefficient (Wildman–Crippen LogP) is 4.01. The number of nitrogens with zero attached hydrogens (tertiary/aromatic N) is 3. The number of aliphatic imine (C=N–C) groups is 1. The number of nitriles is 1. The highest BCUT2D eigenvalue weighted by atomic mass is 32.2. The van der Waals surface area contributed by atoms with Crippen molar-refractivity contribution in [2.45, 2.75) is 13.8 Å². The van der Waals surface area contributed by atoms with Gasteiger partial charge in [0.05, 0.1) is 22.6 Å². The van der Waals surface area contributed by atoms with Gasteiger partial charge >= 0.3 is 0 Å². The van der Waals surface area contributed by atoms with Crippen molar-refractivity contribution in [1.82, 2.24) is 5.32 Å². The molecule has 0 unspecified atom stereocenters. The van der Waals surface area contributed by atoms with Crippen LogP contribution in [0.5, 0.6) is 11.5 Å². The molecule has 10 heteroatoms. The lowest BCUT2D eigenvalue weighted by Crippen LogP contribution is -2.19. The van der Waals surface area contributed by atoms with Crippen molar-refractivity contribution in [2.24, 2.45) is 4.99 Å². The maximum atomic E-state index is 12.4. The van der Waals surface area contributed by atoms with E-state index in [4.69, 9.17) is 14.7 Å². The lowest BCUT2D eigenvalue weighted by molar-refractivity contribution is -0.385. The van der Waals surface area contributed by atoms with Crippen molar-refractivity contribution in [1.29, 1.82) is 5.26 Å². The summed E-state index contributed by atoms with van der Waals surface area (Å²) in [6.07, 6.45) is 1.67. The van der Waals surface area contributed by atoms with Gasteiger partial charge in [-0.3, -0.25) is 14.9 Å². The van der Waals surface area contributed by atoms with Crippen molar-refractivity contribution in [3.05, 3.63) is 62.0 Å². The van der Waals surface area contributed by atoms with Gasteiger partial charge in [0.25, 0.3) is 11.6 Å². The molecule has 31 heavy (non-hydrogen) atoms. The van der Waals surface area contributed by atoms with Crippen LogP contribution in [0.4, 0.5) is 11.4 Å². The Morgan fingerprint density at radius 2 is 2.06 bits per heavy atom. The summed E-state index contributed by atoms with van der Waals surface area (Å²) in [7, 11) is 1.48. The Balaban J connectivity index is 1.86. The molecule has 0 radical (unpaired) electrons. The second-order valence-electron chi connectivity index (χ2n) is 6.50. The standard InChI is InChI=1S/C21H18N4O5S/c1-12-8-15(11-16(13(12)2)25(27)28)23-21-24-20(26)19(31-21)10-14-4-5-17(30-7-6-22)18(9-14)29-3/h4-5,8-11H,7H2,1-3H3,(H,23,24,26)/b19-10-. The van der Waals surface area contributed by atoms with Gasteiger partial charge in [0.2, 0.25) is 0 Å². The van der Waals surface area contributed by atoms with Crippen LogP contribution < -0.4 is 14.8 Å².